The molecule has 0 aliphatic carbocycles. The second-order valence-corrected chi connectivity index (χ2v) is 3.82. The van der Waals surface area contributed by atoms with Crippen molar-refractivity contribution in [2.24, 2.45) is 5.41 Å². The molecule has 1 heterocycles. The Morgan fingerprint density at radius 2 is 2.25 bits per heavy atom. The summed E-state index contributed by atoms with van der Waals surface area (Å²) in [7, 11) is 0. The van der Waals surface area contributed by atoms with Crippen LogP contribution in [-0.2, 0) is 0 Å². The quantitative estimate of drug-likeness (QED) is 0.647. The van der Waals surface area contributed by atoms with Gasteiger partial charge in [0.2, 0.25) is 0 Å². The van der Waals surface area contributed by atoms with Crippen molar-refractivity contribution in [3.8, 4) is 0 Å². The van der Waals surface area contributed by atoms with Crippen molar-refractivity contribution in [3.63, 3.8) is 0 Å². The average Bonchev–Trinajstić information content (AvgIpc) is 2.06. The zero-order valence-corrected chi connectivity index (χ0v) is 7.83. The molecular formula is C10H16NO. The Hall–Kier alpha value is -0.760. The second-order valence-electron chi connectivity index (χ2n) is 3.82. The molecule has 0 saturated heterocycles. The zero-order chi connectivity index (χ0) is 9.19. The van der Waals surface area contributed by atoms with Gasteiger partial charge >= 0.3 is 0 Å². The maximum absolute atomic E-state index is 9.52. The molecule has 1 aliphatic heterocycles. The van der Waals surface area contributed by atoms with Crippen molar-refractivity contribution in [2.45, 2.75) is 32.9 Å². The molecular weight excluding hydrogens is 150 g/mol. The monoisotopic (exact) mass is 166 g/mol. The summed E-state index contributed by atoms with van der Waals surface area (Å²) in [5.41, 5.74) is -0.155. The molecule has 2 unspecified atom stereocenters. The van der Waals surface area contributed by atoms with Gasteiger partial charge in [-0.25, -0.2) is 0 Å². The minimum Gasteiger partial charge on any atom is -0.393 e. The highest BCUT2D eigenvalue weighted by atomic mass is 16.3. The number of dihydropyridines is 1. The summed E-state index contributed by atoms with van der Waals surface area (Å²) in [4.78, 5) is 0. The predicted molar refractivity (Wildman–Crippen MR) is 49.3 cm³/mol. The minimum atomic E-state index is -0.334. The van der Waals surface area contributed by atoms with E-state index in [1.807, 2.05) is 39.0 Å². The number of aliphatic hydroxyl groups is 1. The lowest BCUT2D eigenvalue weighted by Crippen LogP contribution is -2.45. The molecule has 67 valence electrons. The van der Waals surface area contributed by atoms with Crippen LogP contribution in [0.3, 0.4) is 0 Å². The van der Waals surface area contributed by atoms with Gasteiger partial charge in [0.1, 0.15) is 0 Å². The van der Waals surface area contributed by atoms with Gasteiger partial charge in [-0.2, -0.15) is 0 Å². The molecule has 2 heteroatoms. The van der Waals surface area contributed by atoms with Crippen molar-refractivity contribution in [3.05, 3.63) is 24.4 Å². The molecule has 1 aliphatic rings. The van der Waals surface area contributed by atoms with E-state index in [0.717, 1.165) is 0 Å². The van der Waals surface area contributed by atoms with E-state index >= 15 is 0 Å². The fourth-order valence-electron chi connectivity index (χ4n) is 1.09. The summed E-state index contributed by atoms with van der Waals surface area (Å²) in [6.45, 7) is 5.88. The SMILES string of the molecule is CC(O)C(C)(C)C1C=CC=[C]N1. The summed E-state index contributed by atoms with van der Waals surface area (Å²) < 4.78 is 0. The fraction of sp³-hybridized carbons (Fsp3) is 0.600. The summed E-state index contributed by atoms with van der Waals surface area (Å²) in [5.74, 6) is 0. The van der Waals surface area contributed by atoms with Crippen molar-refractivity contribution in [1.82, 2.24) is 5.32 Å². The number of allylic oxidation sites excluding steroid dienone is 2. The highest BCUT2D eigenvalue weighted by Gasteiger charge is 2.32. The molecule has 0 aromatic heterocycles. The van der Waals surface area contributed by atoms with Crippen LogP contribution in [0.25, 0.3) is 0 Å². The average molecular weight is 166 g/mol. The van der Waals surface area contributed by atoms with Gasteiger partial charge in [0.15, 0.2) is 0 Å². The van der Waals surface area contributed by atoms with Gasteiger partial charge in [-0.05, 0) is 13.0 Å². The fourth-order valence-corrected chi connectivity index (χ4v) is 1.09. The Labute approximate surface area is 74.0 Å². The van der Waals surface area contributed by atoms with Crippen molar-refractivity contribution < 1.29 is 5.11 Å². The van der Waals surface area contributed by atoms with Crippen LogP contribution in [0.5, 0.6) is 0 Å². The molecule has 0 saturated carbocycles. The van der Waals surface area contributed by atoms with E-state index in [1.165, 1.54) is 0 Å². The summed E-state index contributed by atoms with van der Waals surface area (Å²) in [6.07, 6.45) is 8.41. The molecule has 0 aromatic carbocycles. The van der Waals surface area contributed by atoms with E-state index in [1.54, 1.807) is 0 Å². The molecule has 1 radical (unpaired) electrons. The maximum atomic E-state index is 9.52. The summed E-state index contributed by atoms with van der Waals surface area (Å²) in [5, 5.41) is 12.6. The van der Waals surface area contributed by atoms with Gasteiger partial charge in [-0.15, -0.1) is 0 Å². The van der Waals surface area contributed by atoms with Crippen LogP contribution in [0, 0.1) is 11.6 Å². The highest BCUT2D eigenvalue weighted by Crippen LogP contribution is 2.26. The number of nitrogens with one attached hydrogen (secondary N) is 1. The number of hydrogen-bond donors (Lipinski definition) is 2. The molecule has 2 N–H and O–H groups in total. The van der Waals surface area contributed by atoms with Crippen molar-refractivity contribution in [1.29, 1.82) is 0 Å². The minimum absolute atomic E-state index is 0.155. The summed E-state index contributed by atoms with van der Waals surface area (Å²) >= 11 is 0. The van der Waals surface area contributed by atoms with Crippen molar-refractivity contribution in [2.75, 3.05) is 0 Å². The van der Waals surface area contributed by atoms with Gasteiger partial charge in [-0.3, -0.25) is 0 Å². The van der Waals surface area contributed by atoms with Crippen LogP contribution in [0.1, 0.15) is 20.8 Å². The summed E-state index contributed by atoms with van der Waals surface area (Å²) in [6, 6.07) is 0.169. The first kappa shape index (κ1) is 9.33. The van der Waals surface area contributed by atoms with E-state index in [-0.39, 0.29) is 17.6 Å². The Kier molecular flexibility index (Phi) is 2.58. The molecule has 2 atom stereocenters. The van der Waals surface area contributed by atoms with Crippen LogP contribution in [0.15, 0.2) is 18.2 Å². The first-order valence-electron chi connectivity index (χ1n) is 4.24. The van der Waals surface area contributed by atoms with E-state index in [2.05, 4.69) is 11.5 Å². The molecule has 12 heavy (non-hydrogen) atoms. The number of aliphatic hydroxyl groups excluding tert-OH is 1. The molecule has 0 spiro atoms. The lowest BCUT2D eigenvalue weighted by atomic mass is 9.79. The van der Waals surface area contributed by atoms with Crippen LogP contribution in [0.2, 0.25) is 0 Å². The van der Waals surface area contributed by atoms with Crippen LogP contribution in [0.4, 0.5) is 0 Å². The third-order valence-electron chi connectivity index (χ3n) is 2.60. The standard InChI is InChI=1S/C10H16NO/c1-8(12)10(2,3)9-6-4-5-7-11-9/h4-6,8-9,11-12H,1-3H3. The van der Waals surface area contributed by atoms with E-state index < -0.39 is 0 Å². The van der Waals surface area contributed by atoms with E-state index in [9.17, 15) is 5.11 Å². The Balaban J connectivity index is 2.69. The first-order chi connectivity index (χ1) is 5.55. The van der Waals surface area contributed by atoms with Gasteiger partial charge in [0, 0.05) is 5.41 Å². The zero-order valence-electron chi connectivity index (χ0n) is 7.83. The lowest BCUT2D eigenvalue weighted by molar-refractivity contribution is 0.0505. The third-order valence-corrected chi connectivity index (χ3v) is 2.60. The number of hydrogen-bond acceptors (Lipinski definition) is 2. The predicted octanol–water partition coefficient (Wildman–Crippen LogP) is 1.24. The van der Waals surface area contributed by atoms with Crippen LogP contribution >= 0.6 is 0 Å². The second kappa shape index (κ2) is 3.31. The van der Waals surface area contributed by atoms with Gasteiger partial charge < -0.3 is 10.4 Å². The van der Waals surface area contributed by atoms with Gasteiger partial charge in [0.25, 0.3) is 0 Å². The molecule has 0 amide bonds. The topological polar surface area (TPSA) is 32.3 Å². The number of rotatable bonds is 2. The molecule has 1 rings (SSSR count). The normalized spacial score (nSPS) is 25.2. The van der Waals surface area contributed by atoms with Crippen molar-refractivity contribution >= 4 is 0 Å². The third kappa shape index (κ3) is 1.69. The maximum Gasteiger partial charge on any atom is 0.0585 e. The first-order valence-corrected chi connectivity index (χ1v) is 4.24. The molecule has 0 bridgehead atoms. The lowest BCUT2D eigenvalue weighted by Gasteiger charge is -2.35. The van der Waals surface area contributed by atoms with Gasteiger partial charge in [-0.1, -0.05) is 26.0 Å². The Bertz CT molecular complexity index is 204. The molecule has 0 fully saturated rings. The largest absolute Gasteiger partial charge is 0.393 e. The molecule has 0 aromatic rings. The molecule has 2 nitrogen and oxygen atoms in total. The van der Waals surface area contributed by atoms with Crippen LogP contribution in [-0.4, -0.2) is 17.3 Å². The Morgan fingerprint density at radius 1 is 1.58 bits per heavy atom. The van der Waals surface area contributed by atoms with E-state index in [0.29, 0.717) is 0 Å². The van der Waals surface area contributed by atoms with Gasteiger partial charge in [0.05, 0.1) is 18.3 Å². The smallest absolute Gasteiger partial charge is 0.0585 e. The van der Waals surface area contributed by atoms with E-state index in [4.69, 9.17) is 0 Å². The van der Waals surface area contributed by atoms with Crippen LogP contribution < -0.4 is 5.32 Å². The highest BCUT2D eigenvalue weighted by molar-refractivity contribution is 5.13. The Morgan fingerprint density at radius 3 is 2.67 bits per heavy atom.